The minimum absolute atomic E-state index is 0.174. The average Bonchev–Trinajstić information content (AvgIpc) is 2.47. The van der Waals surface area contributed by atoms with Crippen LogP contribution in [0.15, 0.2) is 12.3 Å². The highest BCUT2D eigenvalue weighted by Gasteiger charge is 2.33. The average molecular weight is 320 g/mol. The molecule has 1 aliphatic rings. The molecule has 118 valence electrons. The van der Waals surface area contributed by atoms with Crippen LogP contribution in [0.1, 0.15) is 12.6 Å². The van der Waals surface area contributed by atoms with Crippen molar-refractivity contribution in [2.24, 2.45) is 0 Å². The Bertz CT molecular complexity index is 447. The molecule has 0 radical (unpaired) electrons. The van der Waals surface area contributed by atoms with Crippen molar-refractivity contribution in [2.45, 2.75) is 13.1 Å². The van der Waals surface area contributed by atoms with Crippen molar-refractivity contribution in [1.29, 1.82) is 0 Å². The lowest BCUT2D eigenvalue weighted by Crippen LogP contribution is -2.47. The van der Waals surface area contributed by atoms with Crippen LogP contribution in [0.4, 0.5) is 19.1 Å². The topological polar surface area (TPSA) is 32.3 Å². The van der Waals surface area contributed by atoms with E-state index in [2.05, 4.69) is 21.8 Å². The van der Waals surface area contributed by atoms with Gasteiger partial charge in [0.15, 0.2) is 0 Å². The van der Waals surface area contributed by atoms with E-state index in [9.17, 15) is 13.2 Å². The van der Waals surface area contributed by atoms with E-state index in [1.807, 2.05) is 16.7 Å². The fraction of sp³-hybridized carbons (Fsp3) is 0.692. The lowest BCUT2D eigenvalue weighted by Gasteiger charge is -2.34. The van der Waals surface area contributed by atoms with Crippen LogP contribution >= 0.6 is 11.8 Å². The first kappa shape index (κ1) is 16.4. The largest absolute Gasteiger partial charge is 0.433 e. The number of piperazine rings is 1. The van der Waals surface area contributed by atoms with Gasteiger partial charge in [-0.25, -0.2) is 9.97 Å². The van der Waals surface area contributed by atoms with E-state index < -0.39 is 11.9 Å². The fourth-order valence-electron chi connectivity index (χ4n) is 2.17. The minimum Gasteiger partial charge on any atom is -0.338 e. The van der Waals surface area contributed by atoms with Gasteiger partial charge in [0.25, 0.3) is 0 Å². The zero-order chi connectivity index (χ0) is 15.3. The van der Waals surface area contributed by atoms with Gasteiger partial charge >= 0.3 is 6.18 Å². The molecule has 2 rings (SSSR count). The summed E-state index contributed by atoms with van der Waals surface area (Å²) >= 11 is 1.90. The lowest BCUT2D eigenvalue weighted by atomic mass is 10.3. The fourth-order valence-corrected chi connectivity index (χ4v) is 2.84. The Hall–Kier alpha value is -1.02. The van der Waals surface area contributed by atoms with Crippen LogP contribution in [0.5, 0.6) is 0 Å². The third-order valence-corrected chi connectivity index (χ3v) is 4.22. The van der Waals surface area contributed by atoms with Crippen molar-refractivity contribution in [2.75, 3.05) is 49.1 Å². The maximum absolute atomic E-state index is 12.7. The SMILES string of the molecule is CCSCCN1CCN(c2nccc(C(F)(F)F)n2)CC1. The van der Waals surface area contributed by atoms with E-state index in [4.69, 9.17) is 0 Å². The standard InChI is InChI=1S/C13H19F3N4S/c1-2-21-10-9-19-5-7-20(8-6-19)12-17-4-3-11(18-12)13(14,15)16/h3-4H,2,5-10H2,1H3. The molecule has 0 aromatic carbocycles. The first-order valence-electron chi connectivity index (χ1n) is 6.96. The quantitative estimate of drug-likeness (QED) is 0.778. The molecular weight excluding hydrogens is 301 g/mol. The highest BCUT2D eigenvalue weighted by molar-refractivity contribution is 7.99. The van der Waals surface area contributed by atoms with Gasteiger partial charge in [-0.3, -0.25) is 4.90 Å². The molecule has 0 atom stereocenters. The van der Waals surface area contributed by atoms with Gasteiger partial charge < -0.3 is 4.90 Å². The molecule has 1 aromatic heterocycles. The molecule has 0 unspecified atom stereocenters. The molecule has 1 aromatic rings. The Labute approximate surface area is 126 Å². The molecule has 1 fully saturated rings. The number of nitrogens with zero attached hydrogens (tertiary/aromatic N) is 4. The molecule has 0 bridgehead atoms. The normalized spacial score (nSPS) is 17.2. The maximum Gasteiger partial charge on any atom is 0.433 e. The van der Waals surface area contributed by atoms with Crippen molar-refractivity contribution in [3.8, 4) is 0 Å². The van der Waals surface area contributed by atoms with E-state index in [0.29, 0.717) is 13.1 Å². The van der Waals surface area contributed by atoms with Crippen molar-refractivity contribution in [1.82, 2.24) is 14.9 Å². The highest BCUT2D eigenvalue weighted by Crippen LogP contribution is 2.28. The third-order valence-electron chi connectivity index (χ3n) is 3.34. The van der Waals surface area contributed by atoms with Gasteiger partial charge in [-0.2, -0.15) is 24.9 Å². The van der Waals surface area contributed by atoms with Crippen molar-refractivity contribution < 1.29 is 13.2 Å². The van der Waals surface area contributed by atoms with E-state index in [0.717, 1.165) is 37.2 Å². The van der Waals surface area contributed by atoms with E-state index >= 15 is 0 Å². The Morgan fingerprint density at radius 3 is 2.57 bits per heavy atom. The first-order valence-corrected chi connectivity index (χ1v) is 8.11. The summed E-state index contributed by atoms with van der Waals surface area (Å²) < 4.78 is 38.0. The number of alkyl halides is 3. The Morgan fingerprint density at radius 1 is 1.24 bits per heavy atom. The number of hydrogen-bond acceptors (Lipinski definition) is 5. The smallest absolute Gasteiger partial charge is 0.338 e. The number of rotatable bonds is 5. The van der Waals surface area contributed by atoms with E-state index in [1.54, 1.807) is 0 Å². The van der Waals surface area contributed by atoms with Gasteiger partial charge in [-0.15, -0.1) is 0 Å². The number of anilines is 1. The second-order valence-corrected chi connectivity index (χ2v) is 6.16. The van der Waals surface area contributed by atoms with Crippen LogP contribution in [0, 0.1) is 0 Å². The molecule has 21 heavy (non-hydrogen) atoms. The second kappa shape index (κ2) is 7.31. The predicted molar refractivity (Wildman–Crippen MR) is 78.7 cm³/mol. The summed E-state index contributed by atoms with van der Waals surface area (Å²) in [6, 6.07) is 0.904. The van der Waals surface area contributed by atoms with Gasteiger partial charge in [-0.1, -0.05) is 6.92 Å². The summed E-state index contributed by atoms with van der Waals surface area (Å²) in [4.78, 5) is 11.7. The molecule has 8 heteroatoms. The van der Waals surface area contributed by atoms with Gasteiger partial charge in [0, 0.05) is 44.7 Å². The summed E-state index contributed by atoms with van der Waals surface area (Å²) in [6.07, 6.45) is -3.24. The molecular formula is C13H19F3N4S. The van der Waals surface area contributed by atoms with Crippen LogP contribution in [0.2, 0.25) is 0 Å². The summed E-state index contributed by atoms with van der Waals surface area (Å²) in [6.45, 7) is 6.16. The van der Waals surface area contributed by atoms with Gasteiger partial charge in [0.05, 0.1) is 0 Å². The lowest BCUT2D eigenvalue weighted by molar-refractivity contribution is -0.141. The van der Waals surface area contributed by atoms with E-state index in [-0.39, 0.29) is 5.95 Å². The van der Waals surface area contributed by atoms with Crippen LogP contribution in [0.3, 0.4) is 0 Å². The van der Waals surface area contributed by atoms with Crippen LogP contribution in [-0.4, -0.2) is 59.1 Å². The van der Waals surface area contributed by atoms with Crippen molar-refractivity contribution >= 4 is 17.7 Å². The molecule has 0 aliphatic carbocycles. The molecule has 2 heterocycles. The number of aromatic nitrogens is 2. The minimum atomic E-state index is -4.42. The second-order valence-electron chi connectivity index (χ2n) is 4.77. The van der Waals surface area contributed by atoms with E-state index in [1.165, 1.54) is 6.20 Å². The summed E-state index contributed by atoms with van der Waals surface area (Å²) in [5.74, 6) is 2.38. The van der Waals surface area contributed by atoms with Crippen molar-refractivity contribution in [3.63, 3.8) is 0 Å². The van der Waals surface area contributed by atoms with Gasteiger partial charge in [-0.05, 0) is 11.8 Å². The third kappa shape index (κ3) is 4.74. The van der Waals surface area contributed by atoms with Crippen molar-refractivity contribution in [3.05, 3.63) is 18.0 Å². The summed E-state index contributed by atoms with van der Waals surface area (Å²) in [5, 5.41) is 0. The summed E-state index contributed by atoms with van der Waals surface area (Å²) in [5.41, 5.74) is -0.880. The Morgan fingerprint density at radius 2 is 1.95 bits per heavy atom. The molecule has 4 nitrogen and oxygen atoms in total. The highest BCUT2D eigenvalue weighted by atomic mass is 32.2. The zero-order valence-electron chi connectivity index (χ0n) is 11.9. The monoisotopic (exact) mass is 320 g/mol. The molecule has 0 N–H and O–H groups in total. The van der Waals surface area contributed by atoms with Gasteiger partial charge in [0.2, 0.25) is 5.95 Å². The molecule has 0 saturated carbocycles. The van der Waals surface area contributed by atoms with Gasteiger partial charge in [0.1, 0.15) is 5.69 Å². The van der Waals surface area contributed by atoms with Crippen LogP contribution < -0.4 is 4.90 Å². The Balaban J connectivity index is 1.90. The first-order chi connectivity index (χ1) is 10.0. The molecule has 0 amide bonds. The molecule has 1 aliphatic heterocycles. The number of thioether (sulfide) groups is 1. The maximum atomic E-state index is 12.7. The molecule has 0 spiro atoms. The zero-order valence-corrected chi connectivity index (χ0v) is 12.8. The number of halogens is 3. The summed E-state index contributed by atoms with van der Waals surface area (Å²) in [7, 11) is 0. The number of hydrogen-bond donors (Lipinski definition) is 0. The Kier molecular flexibility index (Phi) is 5.69. The van der Waals surface area contributed by atoms with Crippen LogP contribution in [-0.2, 0) is 6.18 Å². The predicted octanol–water partition coefficient (Wildman–Crippen LogP) is 2.37. The molecule has 1 saturated heterocycles. The van der Waals surface area contributed by atoms with Crippen LogP contribution in [0.25, 0.3) is 0 Å².